The SMILES string of the molecule is CCOC(=O)c1ccc(NC(=O)CN2CCN(c3ccccc3O)CC2)cc1. The molecule has 0 unspecified atom stereocenters. The fraction of sp³-hybridized carbons (Fsp3) is 0.333. The van der Waals surface area contributed by atoms with Gasteiger partial charge in [0.2, 0.25) is 5.91 Å². The van der Waals surface area contributed by atoms with Crippen molar-refractivity contribution < 1.29 is 19.4 Å². The van der Waals surface area contributed by atoms with Crippen molar-refractivity contribution in [1.82, 2.24) is 4.90 Å². The Morgan fingerprint density at radius 2 is 1.71 bits per heavy atom. The normalized spacial score (nSPS) is 14.5. The lowest BCUT2D eigenvalue weighted by Crippen LogP contribution is -2.48. The predicted octanol–water partition coefficient (Wildman–Crippen LogP) is 2.33. The van der Waals surface area contributed by atoms with Gasteiger partial charge in [-0.2, -0.15) is 0 Å². The second-order valence-corrected chi connectivity index (χ2v) is 6.60. The molecular weight excluding hydrogens is 358 g/mol. The van der Waals surface area contributed by atoms with Crippen LogP contribution in [0.15, 0.2) is 48.5 Å². The summed E-state index contributed by atoms with van der Waals surface area (Å²) in [4.78, 5) is 28.2. The van der Waals surface area contributed by atoms with Gasteiger partial charge in [0.05, 0.1) is 24.4 Å². The molecule has 2 N–H and O–H groups in total. The molecule has 0 spiro atoms. The molecule has 1 heterocycles. The zero-order valence-corrected chi connectivity index (χ0v) is 15.9. The van der Waals surface area contributed by atoms with Crippen molar-refractivity contribution in [2.24, 2.45) is 0 Å². The summed E-state index contributed by atoms with van der Waals surface area (Å²) in [7, 11) is 0. The van der Waals surface area contributed by atoms with Crippen molar-refractivity contribution in [1.29, 1.82) is 0 Å². The zero-order chi connectivity index (χ0) is 19.9. The number of phenols is 1. The predicted molar refractivity (Wildman–Crippen MR) is 108 cm³/mol. The Balaban J connectivity index is 1.47. The molecule has 28 heavy (non-hydrogen) atoms. The van der Waals surface area contributed by atoms with Gasteiger partial charge in [-0.25, -0.2) is 4.79 Å². The van der Waals surface area contributed by atoms with Crippen LogP contribution in [0, 0.1) is 0 Å². The van der Waals surface area contributed by atoms with Crippen LogP contribution in [-0.4, -0.2) is 61.2 Å². The molecule has 1 aliphatic heterocycles. The molecule has 0 aromatic heterocycles. The number of nitrogens with one attached hydrogen (secondary N) is 1. The van der Waals surface area contributed by atoms with E-state index < -0.39 is 0 Å². The Kier molecular flexibility index (Phi) is 6.49. The van der Waals surface area contributed by atoms with Crippen molar-refractivity contribution in [2.75, 3.05) is 49.5 Å². The van der Waals surface area contributed by atoms with Crippen molar-refractivity contribution in [2.45, 2.75) is 6.92 Å². The van der Waals surface area contributed by atoms with Crippen LogP contribution in [0.5, 0.6) is 5.75 Å². The van der Waals surface area contributed by atoms with Gasteiger partial charge in [0.1, 0.15) is 5.75 Å². The van der Waals surface area contributed by atoms with Crippen LogP contribution in [0.3, 0.4) is 0 Å². The number of nitrogens with zero attached hydrogens (tertiary/aromatic N) is 2. The lowest BCUT2D eigenvalue weighted by Gasteiger charge is -2.35. The van der Waals surface area contributed by atoms with E-state index in [1.165, 1.54) is 0 Å². The third-order valence-corrected chi connectivity index (χ3v) is 4.64. The number of phenolic OH excluding ortho intramolecular Hbond substituents is 1. The average molecular weight is 383 g/mol. The monoisotopic (exact) mass is 383 g/mol. The van der Waals surface area contributed by atoms with Crippen molar-refractivity contribution in [3.63, 3.8) is 0 Å². The fourth-order valence-electron chi connectivity index (χ4n) is 3.19. The molecule has 148 valence electrons. The zero-order valence-electron chi connectivity index (χ0n) is 15.9. The summed E-state index contributed by atoms with van der Waals surface area (Å²) >= 11 is 0. The number of carbonyl (C=O) groups excluding carboxylic acids is 2. The standard InChI is InChI=1S/C21H25N3O4/c1-2-28-21(27)16-7-9-17(10-8-16)22-20(26)15-23-11-13-24(14-12-23)18-5-3-4-6-19(18)25/h3-10,25H,2,11-15H2,1H3,(H,22,26). The smallest absolute Gasteiger partial charge is 0.338 e. The van der Waals surface area contributed by atoms with Crippen molar-refractivity contribution >= 4 is 23.3 Å². The number of aromatic hydroxyl groups is 1. The molecule has 1 saturated heterocycles. The van der Waals surface area contributed by atoms with Crippen LogP contribution < -0.4 is 10.2 Å². The molecule has 0 atom stereocenters. The molecular formula is C21H25N3O4. The van der Waals surface area contributed by atoms with Gasteiger partial charge in [0.15, 0.2) is 0 Å². The number of para-hydroxylation sites is 2. The number of benzene rings is 2. The van der Waals surface area contributed by atoms with Crippen LogP contribution in [0.4, 0.5) is 11.4 Å². The quantitative estimate of drug-likeness (QED) is 0.745. The Labute approximate surface area is 164 Å². The number of hydrogen-bond acceptors (Lipinski definition) is 6. The lowest BCUT2D eigenvalue weighted by atomic mass is 10.2. The molecule has 2 aromatic carbocycles. The van der Waals surface area contributed by atoms with E-state index in [1.54, 1.807) is 43.3 Å². The summed E-state index contributed by atoms with van der Waals surface area (Å²) < 4.78 is 4.94. The number of rotatable bonds is 6. The highest BCUT2D eigenvalue weighted by Crippen LogP contribution is 2.27. The highest BCUT2D eigenvalue weighted by molar-refractivity contribution is 5.94. The minimum atomic E-state index is -0.372. The van der Waals surface area contributed by atoms with E-state index in [9.17, 15) is 14.7 Å². The third kappa shape index (κ3) is 5.01. The maximum atomic E-state index is 12.3. The first-order valence-corrected chi connectivity index (χ1v) is 9.39. The number of piperazine rings is 1. The summed E-state index contributed by atoms with van der Waals surface area (Å²) in [5.41, 5.74) is 1.93. The second kappa shape index (κ2) is 9.23. The van der Waals surface area contributed by atoms with Crippen LogP contribution in [-0.2, 0) is 9.53 Å². The third-order valence-electron chi connectivity index (χ3n) is 4.64. The molecule has 0 bridgehead atoms. The van der Waals surface area contributed by atoms with Gasteiger partial charge in [-0.05, 0) is 43.3 Å². The second-order valence-electron chi connectivity index (χ2n) is 6.60. The summed E-state index contributed by atoms with van der Waals surface area (Å²) in [6.07, 6.45) is 0. The van der Waals surface area contributed by atoms with E-state index in [1.807, 2.05) is 12.1 Å². The number of hydrogen-bond donors (Lipinski definition) is 2. The van der Waals surface area contributed by atoms with E-state index in [2.05, 4.69) is 15.1 Å². The highest BCUT2D eigenvalue weighted by atomic mass is 16.5. The molecule has 1 fully saturated rings. The van der Waals surface area contributed by atoms with Gasteiger partial charge < -0.3 is 20.1 Å². The Bertz CT molecular complexity index is 815. The average Bonchev–Trinajstić information content (AvgIpc) is 2.70. The van der Waals surface area contributed by atoms with Gasteiger partial charge in [0.25, 0.3) is 0 Å². The minimum absolute atomic E-state index is 0.0973. The van der Waals surface area contributed by atoms with Gasteiger partial charge >= 0.3 is 5.97 Å². The van der Waals surface area contributed by atoms with Crippen LogP contribution in [0.25, 0.3) is 0 Å². The largest absolute Gasteiger partial charge is 0.506 e. The number of esters is 1. The summed E-state index contributed by atoms with van der Waals surface area (Å²) in [6.45, 7) is 5.36. The Morgan fingerprint density at radius 1 is 1.04 bits per heavy atom. The summed E-state index contributed by atoms with van der Waals surface area (Å²) in [6, 6.07) is 14.0. The molecule has 7 nitrogen and oxygen atoms in total. The molecule has 3 rings (SSSR count). The molecule has 1 amide bonds. The Morgan fingerprint density at radius 3 is 2.36 bits per heavy atom. The summed E-state index contributed by atoms with van der Waals surface area (Å²) in [5, 5.41) is 12.8. The number of anilines is 2. The number of carbonyl (C=O) groups is 2. The van der Waals surface area contributed by atoms with Gasteiger partial charge in [-0.15, -0.1) is 0 Å². The molecule has 0 saturated carbocycles. The van der Waals surface area contributed by atoms with Crippen molar-refractivity contribution in [3.8, 4) is 5.75 Å². The van der Waals surface area contributed by atoms with Crippen LogP contribution in [0.1, 0.15) is 17.3 Å². The number of ether oxygens (including phenoxy) is 1. The highest BCUT2D eigenvalue weighted by Gasteiger charge is 2.20. The maximum absolute atomic E-state index is 12.3. The fourth-order valence-corrected chi connectivity index (χ4v) is 3.19. The molecule has 0 radical (unpaired) electrons. The molecule has 7 heteroatoms. The van der Waals surface area contributed by atoms with Gasteiger partial charge in [-0.1, -0.05) is 12.1 Å². The van der Waals surface area contributed by atoms with E-state index in [0.717, 1.165) is 31.9 Å². The van der Waals surface area contributed by atoms with Crippen LogP contribution >= 0.6 is 0 Å². The summed E-state index contributed by atoms with van der Waals surface area (Å²) in [5.74, 6) is -0.192. The molecule has 1 aliphatic rings. The lowest BCUT2D eigenvalue weighted by molar-refractivity contribution is -0.117. The first kappa shape index (κ1) is 19.7. The van der Waals surface area contributed by atoms with Gasteiger partial charge in [-0.3, -0.25) is 9.69 Å². The van der Waals surface area contributed by atoms with Crippen molar-refractivity contribution in [3.05, 3.63) is 54.1 Å². The molecule has 2 aromatic rings. The molecule has 0 aliphatic carbocycles. The van der Waals surface area contributed by atoms with E-state index >= 15 is 0 Å². The van der Waals surface area contributed by atoms with E-state index in [-0.39, 0.29) is 17.6 Å². The minimum Gasteiger partial charge on any atom is -0.506 e. The first-order chi connectivity index (χ1) is 13.6. The van der Waals surface area contributed by atoms with E-state index in [4.69, 9.17) is 4.74 Å². The first-order valence-electron chi connectivity index (χ1n) is 9.39. The van der Waals surface area contributed by atoms with Gasteiger partial charge in [0, 0.05) is 31.9 Å². The maximum Gasteiger partial charge on any atom is 0.338 e. The topological polar surface area (TPSA) is 82.1 Å². The number of amides is 1. The Hall–Kier alpha value is -3.06. The van der Waals surface area contributed by atoms with E-state index in [0.29, 0.717) is 24.4 Å². The van der Waals surface area contributed by atoms with Crippen LogP contribution in [0.2, 0.25) is 0 Å².